The number of hydrogen-bond acceptors (Lipinski definition) is 4. The Morgan fingerprint density at radius 2 is 2.12 bits per heavy atom. The molecule has 0 bridgehead atoms. The third kappa shape index (κ3) is 3.89. The van der Waals surface area contributed by atoms with Gasteiger partial charge in [0.15, 0.2) is 0 Å². The Kier molecular flexibility index (Phi) is 5.16. The van der Waals surface area contributed by atoms with E-state index in [1.54, 1.807) is 6.20 Å². The van der Waals surface area contributed by atoms with Crippen molar-refractivity contribution >= 4 is 5.91 Å². The number of aromatic nitrogens is 4. The summed E-state index contributed by atoms with van der Waals surface area (Å²) in [6, 6.07) is 0. The molecule has 3 rings (SSSR count). The maximum absolute atomic E-state index is 12.3. The van der Waals surface area contributed by atoms with E-state index in [1.165, 1.54) is 0 Å². The molecule has 0 N–H and O–H groups in total. The summed E-state index contributed by atoms with van der Waals surface area (Å²) in [6.45, 7) is 7.62. The van der Waals surface area contributed by atoms with Crippen LogP contribution in [0.1, 0.15) is 38.2 Å². The summed E-state index contributed by atoms with van der Waals surface area (Å²) < 4.78 is 2.03. The van der Waals surface area contributed by atoms with Gasteiger partial charge in [0.05, 0.1) is 23.8 Å². The zero-order valence-corrected chi connectivity index (χ0v) is 15.6. The van der Waals surface area contributed by atoms with E-state index in [9.17, 15) is 4.79 Å². The van der Waals surface area contributed by atoms with Crippen LogP contribution >= 0.6 is 0 Å². The van der Waals surface area contributed by atoms with Crippen molar-refractivity contribution in [3.8, 4) is 11.4 Å². The van der Waals surface area contributed by atoms with E-state index in [0.717, 1.165) is 55.3 Å². The molecule has 6 heteroatoms. The Morgan fingerprint density at radius 1 is 1.32 bits per heavy atom. The smallest absolute Gasteiger partial charge is 0.225 e. The summed E-state index contributed by atoms with van der Waals surface area (Å²) in [6.07, 6.45) is 8.54. The number of carbonyl (C=O) groups is 1. The first-order valence-corrected chi connectivity index (χ1v) is 9.04. The van der Waals surface area contributed by atoms with Gasteiger partial charge in [0.1, 0.15) is 11.5 Å². The number of likely N-dealkylation sites (tertiary alicyclic amines) is 1. The predicted molar refractivity (Wildman–Crippen MR) is 96.8 cm³/mol. The molecule has 6 nitrogen and oxygen atoms in total. The van der Waals surface area contributed by atoms with Crippen molar-refractivity contribution in [2.24, 2.45) is 18.9 Å². The zero-order valence-electron chi connectivity index (χ0n) is 15.6. The highest BCUT2D eigenvalue weighted by Crippen LogP contribution is 2.23. The molecule has 0 aromatic carbocycles. The Bertz CT molecular complexity index is 752. The lowest BCUT2D eigenvalue weighted by Gasteiger charge is -2.33. The number of aryl methyl sites for hydroxylation is 1. The number of nitrogens with zero attached hydrogens (tertiary/aromatic N) is 5. The van der Waals surface area contributed by atoms with Crippen LogP contribution in [0.15, 0.2) is 18.6 Å². The first-order valence-electron chi connectivity index (χ1n) is 9.04. The van der Waals surface area contributed by atoms with Crippen molar-refractivity contribution in [1.82, 2.24) is 24.4 Å². The summed E-state index contributed by atoms with van der Waals surface area (Å²) in [7, 11) is 1.99. The fourth-order valence-corrected chi connectivity index (χ4v) is 3.46. The van der Waals surface area contributed by atoms with Gasteiger partial charge in [-0.05, 0) is 32.1 Å². The Labute approximate surface area is 149 Å². The van der Waals surface area contributed by atoms with Crippen LogP contribution in [0.5, 0.6) is 0 Å². The molecule has 1 atom stereocenters. The zero-order chi connectivity index (χ0) is 18.0. The van der Waals surface area contributed by atoms with E-state index in [0.29, 0.717) is 5.92 Å². The second-order valence-electron chi connectivity index (χ2n) is 7.30. The van der Waals surface area contributed by atoms with E-state index in [2.05, 4.69) is 9.97 Å². The van der Waals surface area contributed by atoms with Crippen molar-refractivity contribution in [2.75, 3.05) is 13.1 Å². The van der Waals surface area contributed by atoms with Gasteiger partial charge in [-0.3, -0.25) is 9.78 Å². The molecule has 1 amide bonds. The molecule has 3 heterocycles. The summed E-state index contributed by atoms with van der Waals surface area (Å²) >= 11 is 0. The molecule has 1 saturated heterocycles. The number of rotatable bonds is 4. The lowest BCUT2D eigenvalue weighted by molar-refractivity contribution is -0.136. The average molecular weight is 341 g/mol. The van der Waals surface area contributed by atoms with Gasteiger partial charge in [0.2, 0.25) is 5.91 Å². The number of hydrogen-bond donors (Lipinski definition) is 0. The molecular formula is C19H27N5O. The van der Waals surface area contributed by atoms with E-state index >= 15 is 0 Å². The summed E-state index contributed by atoms with van der Waals surface area (Å²) in [5.41, 5.74) is 2.82. The van der Waals surface area contributed by atoms with Gasteiger partial charge in [-0.2, -0.15) is 0 Å². The summed E-state index contributed by atoms with van der Waals surface area (Å²) in [5, 5.41) is 0. The van der Waals surface area contributed by atoms with Gasteiger partial charge in [-0.25, -0.2) is 9.97 Å². The molecule has 0 unspecified atom stereocenters. The molecule has 1 aliphatic heterocycles. The molecule has 25 heavy (non-hydrogen) atoms. The van der Waals surface area contributed by atoms with Crippen molar-refractivity contribution in [2.45, 2.75) is 40.0 Å². The van der Waals surface area contributed by atoms with E-state index < -0.39 is 0 Å². The molecule has 0 saturated carbocycles. The van der Waals surface area contributed by atoms with E-state index in [4.69, 9.17) is 4.98 Å². The normalized spacial score (nSPS) is 18.0. The fraction of sp³-hybridized carbons (Fsp3) is 0.579. The average Bonchev–Trinajstić information content (AvgIpc) is 2.94. The number of imidazole rings is 1. The van der Waals surface area contributed by atoms with Crippen LogP contribution < -0.4 is 0 Å². The molecule has 0 radical (unpaired) electrons. The Morgan fingerprint density at radius 3 is 2.80 bits per heavy atom. The van der Waals surface area contributed by atoms with Crippen LogP contribution in [0.2, 0.25) is 0 Å². The van der Waals surface area contributed by atoms with Crippen LogP contribution in [0.4, 0.5) is 0 Å². The van der Waals surface area contributed by atoms with Crippen molar-refractivity contribution in [3.05, 3.63) is 30.1 Å². The third-order valence-corrected chi connectivity index (χ3v) is 4.99. The Balaban J connectivity index is 1.72. The minimum absolute atomic E-state index is 0.0648. The first kappa shape index (κ1) is 17.6. The van der Waals surface area contributed by atoms with Crippen LogP contribution in [-0.2, 0) is 18.3 Å². The Hall–Kier alpha value is -2.24. The monoisotopic (exact) mass is 341 g/mol. The first-order chi connectivity index (χ1) is 12.0. The van der Waals surface area contributed by atoms with E-state index in [-0.39, 0.29) is 11.8 Å². The quantitative estimate of drug-likeness (QED) is 0.857. The maximum atomic E-state index is 12.3. The highest BCUT2D eigenvalue weighted by molar-refractivity contribution is 5.78. The molecule has 2 aromatic rings. The molecular weight excluding hydrogens is 314 g/mol. The van der Waals surface area contributed by atoms with Crippen molar-refractivity contribution in [3.63, 3.8) is 0 Å². The minimum Gasteiger partial charge on any atom is -0.342 e. The number of piperidine rings is 1. The van der Waals surface area contributed by atoms with Crippen LogP contribution in [0.25, 0.3) is 11.4 Å². The van der Waals surface area contributed by atoms with Crippen LogP contribution in [0.3, 0.4) is 0 Å². The minimum atomic E-state index is 0.0648. The van der Waals surface area contributed by atoms with Gasteiger partial charge in [0, 0.05) is 32.3 Å². The second kappa shape index (κ2) is 7.33. The summed E-state index contributed by atoms with van der Waals surface area (Å²) in [5.74, 6) is 1.73. The maximum Gasteiger partial charge on any atom is 0.225 e. The molecule has 1 fully saturated rings. The molecule has 1 aliphatic rings. The molecule has 134 valence electrons. The number of amides is 1. The molecule has 0 spiro atoms. The van der Waals surface area contributed by atoms with Crippen molar-refractivity contribution < 1.29 is 4.79 Å². The fourth-order valence-electron chi connectivity index (χ4n) is 3.46. The lowest BCUT2D eigenvalue weighted by atomic mass is 9.92. The highest BCUT2D eigenvalue weighted by atomic mass is 16.2. The van der Waals surface area contributed by atoms with Gasteiger partial charge in [-0.1, -0.05) is 13.8 Å². The van der Waals surface area contributed by atoms with Crippen LogP contribution in [0, 0.1) is 18.8 Å². The standard InChI is InChI=1S/C19H27N5O/c1-13(2)19(25)24-7-5-6-15(12-24)8-16-9-20-10-17(22-16)18-11-21-14(3)23(18)4/h9-11,13,15H,5-8,12H2,1-4H3/t15-/m1/s1. The third-order valence-electron chi connectivity index (χ3n) is 4.99. The van der Waals surface area contributed by atoms with Gasteiger partial charge < -0.3 is 9.47 Å². The SMILES string of the molecule is Cc1ncc(-c2cncc(C[C@H]3CCCN(C(=O)C(C)C)C3)n2)n1C. The van der Waals surface area contributed by atoms with Gasteiger partial charge in [-0.15, -0.1) is 0 Å². The topological polar surface area (TPSA) is 63.9 Å². The lowest BCUT2D eigenvalue weighted by Crippen LogP contribution is -2.42. The molecule has 2 aromatic heterocycles. The van der Waals surface area contributed by atoms with Gasteiger partial charge >= 0.3 is 0 Å². The van der Waals surface area contributed by atoms with E-state index in [1.807, 2.05) is 49.7 Å². The predicted octanol–water partition coefficient (Wildman–Crippen LogP) is 2.62. The highest BCUT2D eigenvalue weighted by Gasteiger charge is 2.25. The van der Waals surface area contributed by atoms with Gasteiger partial charge in [0.25, 0.3) is 0 Å². The summed E-state index contributed by atoms with van der Waals surface area (Å²) in [4.78, 5) is 27.8. The van der Waals surface area contributed by atoms with Crippen LogP contribution in [-0.4, -0.2) is 43.4 Å². The molecule has 0 aliphatic carbocycles. The largest absolute Gasteiger partial charge is 0.342 e. The second-order valence-corrected chi connectivity index (χ2v) is 7.30. The number of carbonyl (C=O) groups excluding carboxylic acids is 1. The van der Waals surface area contributed by atoms with Crippen molar-refractivity contribution in [1.29, 1.82) is 0 Å².